The van der Waals surface area contributed by atoms with Crippen LogP contribution in [0.5, 0.6) is 11.5 Å². The van der Waals surface area contributed by atoms with Gasteiger partial charge in [0.2, 0.25) is 0 Å². The van der Waals surface area contributed by atoms with Crippen LogP contribution in [0.1, 0.15) is 61.6 Å². The van der Waals surface area contributed by atoms with E-state index in [4.69, 9.17) is 8.92 Å². The van der Waals surface area contributed by atoms with Gasteiger partial charge in [0.15, 0.2) is 0 Å². The zero-order valence-electron chi connectivity index (χ0n) is 22.3. The lowest BCUT2D eigenvalue weighted by Crippen LogP contribution is -2.35. The van der Waals surface area contributed by atoms with Crippen molar-refractivity contribution in [3.05, 3.63) is 94.2 Å². The topological polar surface area (TPSA) is 94.8 Å². The lowest BCUT2D eigenvalue weighted by atomic mass is 9.83. The number of benzene rings is 2. The number of methoxy groups -OCH3 is 1. The van der Waals surface area contributed by atoms with Crippen LogP contribution in [0, 0.1) is 0 Å². The molecule has 2 heterocycles. The predicted octanol–water partition coefficient (Wildman–Crippen LogP) is 6.22. The van der Waals surface area contributed by atoms with E-state index < -0.39 is 27.3 Å². The number of para-hydroxylation sites is 1. The summed E-state index contributed by atoms with van der Waals surface area (Å²) in [5.41, 5.74) is 5.62. The first-order valence-corrected chi connectivity index (χ1v) is 15.4. The lowest BCUT2D eigenvalue weighted by Gasteiger charge is -2.30. The maximum absolute atomic E-state index is 13.9. The molecule has 3 aliphatic carbocycles. The fourth-order valence-corrected chi connectivity index (χ4v) is 8.63. The van der Waals surface area contributed by atoms with E-state index >= 15 is 0 Å². The Bertz CT molecular complexity index is 1740. The fourth-order valence-electron chi connectivity index (χ4n) is 7.16. The van der Waals surface area contributed by atoms with Gasteiger partial charge in [-0.2, -0.15) is 8.42 Å². The third-order valence-corrected chi connectivity index (χ3v) is 10.6. The zero-order chi connectivity index (χ0) is 27.6. The van der Waals surface area contributed by atoms with E-state index in [1.807, 2.05) is 18.2 Å². The maximum Gasteiger partial charge on any atom is 0.336 e. The minimum Gasteiger partial charge on any atom is -0.496 e. The van der Waals surface area contributed by atoms with Crippen molar-refractivity contribution in [2.24, 2.45) is 0 Å². The zero-order valence-corrected chi connectivity index (χ0v) is 23.1. The summed E-state index contributed by atoms with van der Waals surface area (Å²) < 4.78 is 41.4. The maximum atomic E-state index is 13.9. The predicted molar refractivity (Wildman–Crippen MR) is 152 cm³/mol. The molecule has 0 spiro atoms. The van der Waals surface area contributed by atoms with Gasteiger partial charge >= 0.3 is 16.1 Å². The second-order valence-corrected chi connectivity index (χ2v) is 12.9. The Morgan fingerprint density at radius 1 is 1.05 bits per heavy atom. The van der Waals surface area contributed by atoms with E-state index in [0.29, 0.717) is 23.6 Å². The third-order valence-electron chi connectivity index (χ3n) is 8.97. The molecule has 2 atom stereocenters. The second-order valence-electron chi connectivity index (χ2n) is 11.1. The minimum absolute atomic E-state index is 0.262. The fraction of sp³-hybridized carbons (Fsp3) is 0.344. The smallest absolute Gasteiger partial charge is 0.336 e. The molecule has 1 unspecified atom stereocenters. The molecule has 7 nitrogen and oxygen atoms in total. The number of carboxylic acid groups (broad SMARTS) is 1. The number of nitrogens with zero attached hydrogens (tertiary/aromatic N) is 1. The van der Waals surface area contributed by atoms with E-state index in [9.17, 15) is 18.3 Å². The normalized spacial score (nSPS) is 22.4. The molecule has 2 aromatic carbocycles. The van der Waals surface area contributed by atoms with Crippen molar-refractivity contribution >= 4 is 27.0 Å². The number of ether oxygens (including phenoxy) is 1. The quantitative estimate of drug-likeness (QED) is 0.362. The first-order chi connectivity index (χ1) is 19.4. The van der Waals surface area contributed by atoms with Gasteiger partial charge in [0, 0.05) is 23.5 Å². The number of rotatable bonds is 6. The Morgan fingerprint density at radius 2 is 1.82 bits per heavy atom. The average molecular weight is 558 g/mol. The molecule has 40 heavy (non-hydrogen) atoms. The van der Waals surface area contributed by atoms with Gasteiger partial charge < -0.3 is 18.6 Å². The molecular weight excluding hydrogens is 526 g/mol. The van der Waals surface area contributed by atoms with E-state index in [1.54, 1.807) is 37.4 Å². The number of carboxylic acids is 1. The van der Waals surface area contributed by atoms with Gasteiger partial charge in [-0.3, -0.25) is 0 Å². The van der Waals surface area contributed by atoms with Crippen LogP contribution in [0.4, 0.5) is 0 Å². The SMILES string of the molecule is COc1ccc(C2CCCCC2)c2c1cc1n2CC2=C(C(=O)O)C2=C2C=CC[C@@H](S(=O)(=O)Oc3ccccc3)C21. The summed E-state index contributed by atoms with van der Waals surface area (Å²) in [4.78, 5) is 12.3. The molecular formula is C32H31NO6S. The Balaban J connectivity index is 1.45. The van der Waals surface area contributed by atoms with Crippen molar-refractivity contribution < 1.29 is 27.2 Å². The molecule has 1 aromatic heterocycles. The number of aliphatic carboxylic acids is 1. The molecule has 3 aromatic rings. The van der Waals surface area contributed by atoms with E-state index in [2.05, 4.69) is 16.7 Å². The van der Waals surface area contributed by atoms with Gasteiger partial charge in [-0.05, 0) is 71.7 Å². The first kappa shape index (κ1) is 25.2. The molecule has 1 aliphatic heterocycles. The molecule has 0 radical (unpaired) electrons. The average Bonchev–Trinajstić information content (AvgIpc) is 3.60. The van der Waals surface area contributed by atoms with E-state index in [1.165, 1.54) is 24.8 Å². The van der Waals surface area contributed by atoms with Gasteiger partial charge in [-0.1, -0.05) is 55.7 Å². The van der Waals surface area contributed by atoms with Gasteiger partial charge in [-0.25, -0.2) is 4.79 Å². The highest BCUT2D eigenvalue weighted by Gasteiger charge is 2.49. The van der Waals surface area contributed by atoms with Gasteiger partial charge in [-0.15, -0.1) is 0 Å². The van der Waals surface area contributed by atoms with Crippen LogP contribution in [-0.4, -0.2) is 36.4 Å². The molecule has 4 aliphatic rings. The summed E-state index contributed by atoms with van der Waals surface area (Å²) in [5, 5.41) is 10.1. The van der Waals surface area contributed by atoms with Crippen molar-refractivity contribution in [2.45, 2.75) is 62.2 Å². The highest BCUT2D eigenvalue weighted by molar-refractivity contribution is 7.87. The van der Waals surface area contributed by atoms with Crippen LogP contribution >= 0.6 is 0 Å². The van der Waals surface area contributed by atoms with Crippen LogP contribution in [0.3, 0.4) is 0 Å². The second kappa shape index (κ2) is 9.41. The molecule has 0 bridgehead atoms. The Kier molecular flexibility index (Phi) is 5.93. The molecule has 7 rings (SSSR count). The molecule has 8 heteroatoms. The van der Waals surface area contributed by atoms with Crippen LogP contribution in [0.15, 0.2) is 83.0 Å². The number of allylic oxidation sites excluding steroid dienone is 4. The summed E-state index contributed by atoms with van der Waals surface area (Å²) in [7, 11) is -2.44. The molecule has 0 saturated heterocycles. The summed E-state index contributed by atoms with van der Waals surface area (Å²) in [6, 6.07) is 14.8. The highest BCUT2D eigenvalue weighted by atomic mass is 32.2. The molecule has 0 amide bonds. The van der Waals surface area contributed by atoms with Crippen molar-refractivity contribution in [1.82, 2.24) is 4.57 Å². The van der Waals surface area contributed by atoms with Gasteiger partial charge in [0.25, 0.3) is 0 Å². The van der Waals surface area contributed by atoms with Gasteiger partial charge in [0.05, 0.1) is 18.2 Å². The monoisotopic (exact) mass is 557 g/mol. The number of hydrogen-bond donors (Lipinski definition) is 1. The number of fused-ring (bicyclic) bond motifs is 6. The van der Waals surface area contributed by atoms with Crippen LogP contribution in [0.2, 0.25) is 0 Å². The number of aromatic nitrogens is 1. The number of carbonyl (C=O) groups is 1. The molecule has 1 N–H and O–H groups in total. The Hall–Kier alpha value is -3.78. The van der Waals surface area contributed by atoms with Gasteiger partial charge in [0.1, 0.15) is 16.7 Å². The summed E-state index contributed by atoms with van der Waals surface area (Å²) in [6.45, 7) is 0.392. The Labute approximate surface area is 233 Å². The van der Waals surface area contributed by atoms with E-state index in [0.717, 1.165) is 46.3 Å². The number of hydrogen-bond acceptors (Lipinski definition) is 5. The van der Waals surface area contributed by atoms with Crippen LogP contribution in [0.25, 0.3) is 10.9 Å². The minimum atomic E-state index is -4.09. The Morgan fingerprint density at radius 3 is 2.55 bits per heavy atom. The first-order valence-electron chi connectivity index (χ1n) is 14.0. The van der Waals surface area contributed by atoms with Crippen molar-refractivity contribution in [3.8, 4) is 11.5 Å². The molecule has 1 saturated carbocycles. The molecule has 206 valence electrons. The lowest BCUT2D eigenvalue weighted by molar-refractivity contribution is -0.132. The molecule has 1 fully saturated rings. The third kappa shape index (κ3) is 3.91. The van der Waals surface area contributed by atoms with Crippen molar-refractivity contribution in [2.75, 3.05) is 7.11 Å². The summed E-state index contributed by atoms with van der Waals surface area (Å²) in [6.07, 6.45) is 9.82. The van der Waals surface area contributed by atoms with Crippen molar-refractivity contribution in [3.63, 3.8) is 0 Å². The summed E-state index contributed by atoms with van der Waals surface area (Å²) in [5.74, 6) is -0.163. The summed E-state index contributed by atoms with van der Waals surface area (Å²) >= 11 is 0. The van der Waals surface area contributed by atoms with Crippen molar-refractivity contribution in [1.29, 1.82) is 0 Å². The standard InChI is InChI=1S/C32H31NO6S/c1-38-26-16-15-21(19-9-4-2-5-10-19)31-23(26)17-25-29-22(28-24(18-33(25)31)30(28)32(34)35)13-8-14-27(29)40(36,37)39-20-11-6-3-7-12-20/h3,6-8,11-13,15-17,19,27,29H,2,4-5,9-10,14,18H2,1H3,(H,34,35)/t27-,29?/m1/s1. The van der Waals surface area contributed by atoms with Crippen LogP contribution in [-0.2, 0) is 21.5 Å². The largest absolute Gasteiger partial charge is 0.496 e. The van der Waals surface area contributed by atoms with E-state index in [-0.39, 0.29) is 12.2 Å². The highest BCUT2D eigenvalue weighted by Crippen LogP contribution is 2.54. The van der Waals surface area contributed by atoms with Crippen LogP contribution < -0.4 is 8.92 Å².